The minimum absolute atomic E-state index is 0. The number of ether oxygens (including phenoxy) is 4. The lowest BCUT2D eigenvalue weighted by atomic mass is 10.0. The highest BCUT2D eigenvalue weighted by Crippen LogP contribution is 2.47. The first-order valence-electron chi connectivity index (χ1n) is 21.3. The van der Waals surface area contributed by atoms with Crippen molar-refractivity contribution in [2.24, 2.45) is 14.1 Å². The lowest BCUT2D eigenvalue weighted by Gasteiger charge is -2.17. The summed E-state index contributed by atoms with van der Waals surface area (Å²) in [6, 6.07) is 21.5. The summed E-state index contributed by atoms with van der Waals surface area (Å²) in [5.41, 5.74) is 13.0. The summed E-state index contributed by atoms with van der Waals surface area (Å²) in [7, 11) is 9.26. The van der Waals surface area contributed by atoms with Crippen molar-refractivity contribution in [3.05, 3.63) is 155 Å². The van der Waals surface area contributed by atoms with Crippen LogP contribution in [0.1, 0.15) is 24.1 Å². The van der Waals surface area contributed by atoms with Crippen molar-refractivity contribution in [1.29, 1.82) is 0 Å². The van der Waals surface area contributed by atoms with E-state index < -0.39 is 0 Å². The number of ketones is 1. The molecule has 8 aromatic rings. The van der Waals surface area contributed by atoms with E-state index in [2.05, 4.69) is 27.2 Å². The molecule has 0 saturated carbocycles. The summed E-state index contributed by atoms with van der Waals surface area (Å²) in [5, 5.41) is 8.84. The van der Waals surface area contributed by atoms with Crippen molar-refractivity contribution in [3.63, 3.8) is 0 Å². The number of carbonyl (C=O) groups is 1. The molecule has 0 fully saturated rings. The Morgan fingerprint density at radius 3 is 1.44 bits per heavy atom. The highest BCUT2D eigenvalue weighted by atomic mass is 35.5. The number of aryl methyl sites for hydroxylation is 4. The minimum atomic E-state index is -0.308. The van der Waals surface area contributed by atoms with E-state index in [-0.39, 0.29) is 56.4 Å². The molecule has 0 aliphatic rings. The van der Waals surface area contributed by atoms with Gasteiger partial charge in [0.15, 0.2) is 5.78 Å². The number of pyridine rings is 4. The Labute approximate surface area is 430 Å². The maximum atomic E-state index is 13.5. The Kier molecular flexibility index (Phi) is 16.6. The first kappa shape index (κ1) is 53.1. The van der Waals surface area contributed by atoms with Gasteiger partial charge in [0, 0.05) is 84.8 Å². The number of methoxy groups -OCH3 is 4. The SMILES string of the molecule is C.C=CC(=O)Cc1cccc(C)c1Nc1cc2c(cn1)cc(-c1c(Cl)c(OC)cc(OC)c1Cl)c(=O)n2C.COc1cc(OC)c(Cl)c(-c2cc3cnc(Nc4c(C)cccc4N)cc3n(C)c2=O)c1Cl. The van der Waals surface area contributed by atoms with E-state index in [9.17, 15) is 14.4 Å². The van der Waals surface area contributed by atoms with Crippen LogP contribution < -0.4 is 46.4 Å². The standard InChI is InChI=1S/C28H25Cl2N3O4.C24H22Cl2N4O3.CH4/c1-6-18(34)10-16-9-7-8-15(2)27(16)32-23-12-20-17(14-31-23)11-19(28(35)33(20)3)24-25(29)21(36-4)13-22(37-5)26(24)30;1-12-6-5-7-15(27)23(12)29-19-9-16-13(11-28-19)8-14(24(31)30(16)2)20-21(25)17(32-3)10-18(33-4)22(20)26;/h6-9,11-14H,1,10H2,2-5H3,(H,31,32);5-11H,27H2,1-4H3,(H,28,29);1H4. The van der Waals surface area contributed by atoms with E-state index in [1.807, 2.05) is 50.2 Å². The Hall–Kier alpha value is -7.23. The zero-order valence-corrected chi connectivity index (χ0v) is 42.3. The smallest absolute Gasteiger partial charge is 0.258 e. The van der Waals surface area contributed by atoms with Crippen LogP contribution in [0.25, 0.3) is 44.1 Å². The molecular formula is C53H51Cl4N7O7. The zero-order valence-electron chi connectivity index (χ0n) is 39.3. The summed E-state index contributed by atoms with van der Waals surface area (Å²) in [5.74, 6) is 2.37. The van der Waals surface area contributed by atoms with Crippen molar-refractivity contribution < 1.29 is 23.7 Å². The highest BCUT2D eigenvalue weighted by molar-refractivity contribution is 6.42. The van der Waals surface area contributed by atoms with Gasteiger partial charge in [-0.2, -0.15) is 0 Å². The molecule has 4 N–H and O–H groups in total. The molecule has 4 heterocycles. The van der Waals surface area contributed by atoms with Crippen molar-refractivity contribution in [2.75, 3.05) is 44.8 Å². The molecule has 18 heteroatoms. The normalized spacial score (nSPS) is 10.8. The maximum absolute atomic E-state index is 13.5. The molecule has 0 bridgehead atoms. The van der Waals surface area contributed by atoms with Crippen molar-refractivity contribution in [3.8, 4) is 45.3 Å². The zero-order chi connectivity index (χ0) is 50.7. The van der Waals surface area contributed by atoms with Gasteiger partial charge >= 0.3 is 0 Å². The Bertz CT molecular complexity index is 3450. The van der Waals surface area contributed by atoms with Crippen LogP contribution in [0.4, 0.5) is 28.7 Å². The Balaban J connectivity index is 0.000000231. The molecule has 4 aromatic heterocycles. The van der Waals surface area contributed by atoms with Crippen molar-refractivity contribution >= 4 is 103 Å². The molecule has 0 amide bonds. The number of nitrogen functional groups attached to an aromatic ring is 1. The number of anilines is 5. The van der Waals surface area contributed by atoms with E-state index in [4.69, 9.17) is 71.1 Å². The van der Waals surface area contributed by atoms with Crippen LogP contribution in [0.2, 0.25) is 20.1 Å². The number of fused-ring (bicyclic) bond motifs is 2. The first-order chi connectivity index (χ1) is 33.5. The van der Waals surface area contributed by atoms with Crippen LogP contribution in [0.3, 0.4) is 0 Å². The van der Waals surface area contributed by atoms with Gasteiger partial charge in [-0.15, -0.1) is 0 Å². The molecule has 368 valence electrons. The number of carbonyl (C=O) groups excluding carboxylic acids is 1. The predicted octanol–water partition coefficient (Wildman–Crippen LogP) is 12.5. The number of para-hydroxylation sites is 2. The number of nitrogens with zero attached hydrogens (tertiary/aromatic N) is 4. The van der Waals surface area contributed by atoms with Crippen LogP contribution in [-0.4, -0.2) is 53.3 Å². The largest absolute Gasteiger partial charge is 0.495 e. The predicted molar refractivity (Wildman–Crippen MR) is 290 cm³/mol. The molecule has 0 aliphatic heterocycles. The first-order valence-corrected chi connectivity index (χ1v) is 22.8. The van der Waals surface area contributed by atoms with Crippen LogP contribution in [0, 0.1) is 13.8 Å². The van der Waals surface area contributed by atoms with E-state index in [0.29, 0.717) is 73.4 Å². The summed E-state index contributed by atoms with van der Waals surface area (Å²) < 4.78 is 24.4. The van der Waals surface area contributed by atoms with E-state index in [1.165, 1.54) is 43.6 Å². The molecule has 4 aromatic carbocycles. The van der Waals surface area contributed by atoms with Gasteiger partial charge < -0.3 is 44.4 Å². The average molecular weight is 1040 g/mol. The highest BCUT2D eigenvalue weighted by Gasteiger charge is 2.24. The number of allylic oxidation sites excluding steroid dienone is 1. The fourth-order valence-corrected chi connectivity index (χ4v) is 9.31. The van der Waals surface area contributed by atoms with Gasteiger partial charge in [-0.05, 0) is 54.8 Å². The molecule has 0 spiro atoms. The second-order valence-electron chi connectivity index (χ2n) is 15.9. The summed E-state index contributed by atoms with van der Waals surface area (Å²) >= 11 is 26.2. The monoisotopic (exact) mass is 1040 g/mol. The van der Waals surface area contributed by atoms with Crippen molar-refractivity contribution in [1.82, 2.24) is 19.1 Å². The second kappa shape index (κ2) is 22.2. The maximum Gasteiger partial charge on any atom is 0.258 e. The second-order valence-corrected chi connectivity index (χ2v) is 17.4. The van der Waals surface area contributed by atoms with Gasteiger partial charge in [-0.25, -0.2) is 9.97 Å². The van der Waals surface area contributed by atoms with E-state index in [1.54, 1.807) is 62.9 Å². The van der Waals surface area contributed by atoms with Crippen LogP contribution in [-0.2, 0) is 25.3 Å². The Morgan fingerprint density at radius 2 is 1.04 bits per heavy atom. The molecule has 0 unspecified atom stereocenters. The molecule has 71 heavy (non-hydrogen) atoms. The molecule has 0 aliphatic carbocycles. The van der Waals surface area contributed by atoms with Gasteiger partial charge in [0.1, 0.15) is 34.6 Å². The molecule has 0 radical (unpaired) electrons. The van der Waals surface area contributed by atoms with Gasteiger partial charge in [0.05, 0.1) is 82.1 Å². The van der Waals surface area contributed by atoms with Gasteiger partial charge in [-0.1, -0.05) is 90.7 Å². The quantitative estimate of drug-likeness (QED) is 0.0738. The number of aromatic nitrogens is 4. The number of benzene rings is 4. The molecule has 0 saturated heterocycles. The van der Waals surface area contributed by atoms with Crippen molar-refractivity contribution in [2.45, 2.75) is 27.7 Å². The lowest BCUT2D eigenvalue weighted by molar-refractivity contribution is -0.114. The van der Waals surface area contributed by atoms with Crippen LogP contribution in [0.5, 0.6) is 23.0 Å². The fraction of sp³-hybridized carbons (Fsp3) is 0.189. The Morgan fingerprint density at radius 1 is 0.648 bits per heavy atom. The average Bonchev–Trinajstić information content (AvgIpc) is 3.35. The molecule has 14 nitrogen and oxygen atoms in total. The number of hydrogen-bond donors (Lipinski definition) is 3. The van der Waals surface area contributed by atoms with Crippen LogP contribution in [0.15, 0.2) is 107 Å². The van der Waals surface area contributed by atoms with Gasteiger partial charge in [0.2, 0.25) is 0 Å². The van der Waals surface area contributed by atoms with Gasteiger partial charge in [0.25, 0.3) is 11.1 Å². The van der Waals surface area contributed by atoms with Gasteiger partial charge in [-0.3, -0.25) is 14.4 Å². The van der Waals surface area contributed by atoms with Crippen LogP contribution >= 0.6 is 46.4 Å². The minimum Gasteiger partial charge on any atom is -0.495 e. The molecule has 0 atom stereocenters. The fourth-order valence-electron chi connectivity index (χ4n) is 7.90. The number of nitrogens with one attached hydrogen (secondary N) is 2. The third-order valence-corrected chi connectivity index (χ3v) is 13.2. The van der Waals surface area contributed by atoms with E-state index >= 15 is 0 Å². The lowest BCUT2D eigenvalue weighted by Crippen LogP contribution is -2.19. The topological polar surface area (TPSA) is 174 Å². The summed E-state index contributed by atoms with van der Waals surface area (Å²) in [6.45, 7) is 7.46. The number of rotatable bonds is 13. The number of hydrogen-bond acceptors (Lipinski definition) is 12. The molecule has 8 rings (SSSR count). The summed E-state index contributed by atoms with van der Waals surface area (Å²) in [6.07, 6.45) is 4.86. The number of halogens is 4. The van der Waals surface area contributed by atoms with E-state index in [0.717, 1.165) is 33.5 Å². The number of nitrogens with two attached hydrogens (primary N) is 1. The molecular weight excluding hydrogens is 988 g/mol. The summed E-state index contributed by atoms with van der Waals surface area (Å²) in [4.78, 5) is 47.9. The third kappa shape index (κ3) is 10.5. The third-order valence-electron chi connectivity index (χ3n) is 11.7.